The van der Waals surface area contributed by atoms with Crippen molar-refractivity contribution in [2.75, 3.05) is 6.61 Å². The van der Waals surface area contributed by atoms with Gasteiger partial charge in [-0.15, -0.1) is 0 Å². The Labute approximate surface area is 170 Å². The third-order valence-electron chi connectivity index (χ3n) is 5.42. The van der Waals surface area contributed by atoms with E-state index in [0.29, 0.717) is 17.7 Å². The number of carbonyl (C=O) groups is 2. The Hall–Kier alpha value is -1.84. The molecule has 4 nitrogen and oxygen atoms in total. The molecule has 1 aliphatic carbocycles. The van der Waals surface area contributed by atoms with Crippen LogP contribution in [0.25, 0.3) is 0 Å². The number of benzene rings is 1. The Balaban J connectivity index is 1.60. The van der Waals surface area contributed by atoms with Gasteiger partial charge in [0.1, 0.15) is 6.10 Å². The van der Waals surface area contributed by atoms with Crippen LogP contribution in [0.15, 0.2) is 24.3 Å². The van der Waals surface area contributed by atoms with Crippen LogP contribution in [0, 0.1) is 0 Å². The first-order valence-corrected chi connectivity index (χ1v) is 11.2. The maximum absolute atomic E-state index is 12.4. The predicted molar refractivity (Wildman–Crippen MR) is 112 cm³/mol. The summed E-state index contributed by atoms with van der Waals surface area (Å²) in [6.45, 7) is 2.65. The summed E-state index contributed by atoms with van der Waals surface area (Å²) in [5.41, 5.74) is 0.612. The first kappa shape index (κ1) is 22.4. The largest absolute Gasteiger partial charge is 0.462 e. The minimum atomic E-state index is -0.433. The summed E-state index contributed by atoms with van der Waals surface area (Å²) in [6.07, 6.45) is 15.3. The van der Waals surface area contributed by atoms with E-state index < -0.39 is 11.9 Å². The minimum Gasteiger partial charge on any atom is -0.462 e. The van der Waals surface area contributed by atoms with Crippen molar-refractivity contribution in [1.29, 1.82) is 0 Å². The van der Waals surface area contributed by atoms with Gasteiger partial charge in [0.05, 0.1) is 17.7 Å². The summed E-state index contributed by atoms with van der Waals surface area (Å²) in [6, 6.07) is 6.77. The van der Waals surface area contributed by atoms with Crippen molar-refractivity contribution in [3.05, 3.63) is 35.4 Å². The van der Waals surface area contributed by atoms with E-state index in [4.69, 9.17) is 9.47 Å². The van der Waals surface area contributed by atoms with Crippen LogP contribution in [0.4, 0.5) is 0 Å². The Bertz CT molecular complexity index is 592. The Morgan fingerprint density at radius 3 is 1.89 bits per heavy atom. The van der Waals surface area contributed by atoms with Gasteiger partial charge in [-0.1, -0.05) is 76.8 Å². The fourth-order valence-corrected chi connectivity index (χ4v) is 3.37. The quantitative estimate of drug-likeness (QED) is 0.270. The van der Waals surface area contributed by atoms with Gasteiger partial charge in [0.15, 0.2) is 0 Å². The fraction of sp³-hybridized carbons (Fsp3) is 0.667. The lowest BCUT2D eigenvalue weighted by molar-refractivity contribution is 0.00849. The second-order valence-corrected chi connectivity index (χ2v) is 7.82. The molecule has 0 atom stereocenters. The van der Waals surface area contributed by atoms with Gasteiger partial charge in [-0.3, -0.25) is 0 Å². The summed E-state index contributed by atoms with van der Waals surface area (Å²) < 4.78 is 10.8. The van der Waals surface area contributed by atoms with E-state index in [1.807, 2.05) is 0 Å². The van der Waals surface area contributed by atoms with Crippen molar-refractivity contribution in [1.82, 2.24) is 0 Å². The lowest BCUT2D eigenvalue weighted by Gasteiger charge is -2.25. The number of carbonyl (C=O) groups excluding carboxylic acids is 2. The first-order chi connectivity index (χ1) is 13.7. The summed E-state index contributed by atoms with van der Waals surface area (Å²) in [5, 5.41) is 0. The van der Waals surface area contributed by atoms with Gasteiger partial charge in [-0.2, -0.15) is 0 Å². The van der Waals surface area contributed by atoms with E-state index in [-0.39, 0.29) is 6.10 Å². The molecule has 0 aliphatic heterocycles. The fourth-order valence-electron chi connectivity index (χ4n) is 3.37. The Morgan fingerprint density at radius 2 is 1.36 bits per heavy atom. The molecule has 2 rings (SSSR count). The van der Waals surface area contributed by atoms with Crippen LogP contribution in [-0.2, 0) is 9.47 Å². The van der Waals surface area contributed by atoms with Gasteiger partial charge >= 0.3 is 11.9 Å². The standard InChI is InChI=1S/C24H36O4/c1-2-3-4-5-6-7-8-9-10-13-19-27-23(25)21-17-11-12-18-22(21)24(26)28-20-15-14-16-20/h11-12,17-18,20H,2-10,13-16,19H2,1H3. The van der Waals surface area contributed by atoms with Gasteiger partial charge in [0.25, 0.3) is 0 Å². The van der Waals surface area contributed by atoms with Crippen molar-refractivity contribution in [3.63, 3.8) is 0 Å². The Kier molecular flexibility index (Phi) is 10.7. The van der Waals surface area contributed by atoms with Crippen LogP contribution in [0.3, 0.4) is 0 Å². The SMILES string of the molecule is CCCCCCCCCCCCOC(=O)c1ccccc1C(=O)OC1CCC1. The number of rotatable bonds is 14. The highest BCUT2D eigenvalue weighted by Crippen LogP contribution is 2.24. The van der Waals surface area contributed by atoms with Crippen LogP contribution in [0.2, 0.25) is 0 Å². The third kappa shape index (κ3) is 8.04. The molecule has 1 saturated carbocycles. The third-order valence-corrected chi connectivity index (χ3v) is 5.42. The van der Waals surface area contributed by atoms with E-state index in [1.54, 1.807) is 24.3 Å². The van der Waals surface area contributed by atoms with Crippen LogP contribution in [0.5, 0.6) is 0 Å². The van der Waals surface area contributed by atoms with Crippen molar-refractivity contribution >= 4 is 11.9 Å². The van der Waals surface area contributed by atoms with Gasteiger partial charge in [-0.05, 0) is 37.8 Å². The van der Waals surface area contributed by atoms with Gasteiger partial charge in [-0.25, -0.2) is 9.59 Å². The maximum Gasteiger partial charge on any atom is 0.339 e. The molecular formula is C24H36O4. The van der Waals surface area contributed by atoms with E-state index in [0.717, 1.165) is 32.1 Å². The molecule has 1 aromatic carbocycles. The Morgan fingerprint density at radius 1 is 0.821 bits per heavy atom. The zero-order valence-electron chi connectivity index (χ0n) is 17.4. The van der Waals surface area contributed by atoms with Crippen molar-refractivity contribution < 1.29 is 19.1 Å². The topological polar surface area (TPSA) is 52.6 Å². The number of esters is 2. The zero-order chi connectivity index (χ0) is 20.0. The lowest BCUT2D eigenvalue weighted by atomic mass is 9.96. The smallest absolute Gasteiger partial charge is 0.339 e. The number of hydrogen-bond donors (Lipinski definition) is 0. The highest BCUT2D eigenvalue weighted by molar-refractivity contribution is 6.03. The summed E-state index contributed by atoms with van der Waals surface area (Å²) in [4.78, 5) is 24.7. The van der Waals surface area contributed by atoms with E-state index >= 15 is 0 Å². The lowest BCUT2D eigenvalue weighted by Crippen LogP contribution is -2.26. The number of ether oxygens (including phenoxy) is 2. The summed E-state index contributed by atoms with van der Waals surface area (Å²) in [5.74, 6) is -0.853. The predicted octanol–water partition coefficient (Wildman–Crippen LogP) is 6.47. The van der Waals surface area contributed by atoms with E-state index in [1.165, 1.54) is 51.4 Å². The van der Waals surface area contributed by atoms with Crippen LogP contribution < -0.4 is 0 Å². The molecule has 4 heteroatoms. The summed E-state index contributed by atoms with van der Waals surface area (Å²) in [7, 11) is 0. The molecule has 0 aromatic heterocycles. The second-order valence-electron chi connectivity index (χ2n) is 7.82. The van der Waals surface area contributed by atoms with Crippen LogP contribution in [0.1, 0.15) is 111 Å². The molecule has 0 amide bonds. The molecular weight excluding hydrogens is 352 g/mol. The molecule has 1 aliphatic rings. The zero-order valence-corrected chi connectivity index (χ0v) is 17.4. The van der Waals surface area contributed by atoms with Gasteiger partial charge < -0.3 is 9.47 Å². The van der Waals surface area contributed by atoms with Gasteiger partial charge in [0.2, 0.25) is 0 Å². The van der Waals surface area contributed by atoms with E-state index in [9.17, 15) is 9.59 Å². The van der Waals surface area contributed by atoms with Crippen LogP contribution >= 0.6 is 0 Å². The average molecular weight is 389 g/mol. The molecule has 0 unspecified atom stereocenters. The number of hydrogen-bond acceptors (Lipinski definition) is 4. The maximum atomic E-state index is 12.4. The highest BCUT2D eigenvalue weighted by atomic mass is 16.5. The molecule has 1 fully saturated rings. The molecule has 1 aromatic rings. The number of unbranched alkanes of at least 4 members (excludes halogenated alkanes) is 9. The molecule has 0 bridgehead atoms. The first-order valence-electron chi connectivity index (χ1n) is 11.2. The van der Waals surface area contributed by atoms with Crippen LogP contribution in [-0.4, -0.2) is 24.6 Å². The second kappa shape index (κ2) is 13.4. The molecule has 28 heavy (non-hydrogen) atoms. The van der Waals surface area contributed by atoms with Crippen molar-refractivity contribution in [2.45, 2.75) is 96.5 Å². The monoisotopic (exact) mass is 388 g/mol. The molecule has 0 heterocycles. The van der Waals surface area contributed by atoms with Gasteiger partial charge in [0, 0.05) is 0 Å². The van der Waals surface area contributed by atoms with Crippen molar-refractivity contribution in [3.8, 4) is 0 Å². The summed E-state index contributed by atoms with van der Waals surface area (Å²) >= 11 is 0. The molecule has 0 spiro atoms. The minimum absolute atomic E-state index is 0.00298. The average Bonchev–Trinajstić information content (AvgIpc) is 2.68. The van der Waals surface area contributed by atoms with E-state index in [2.05, 4.69) is 6.92 Å². The molecule has 0 radical (unpaired) electrons. The molecule has 0 saturated heterocycles. The molecule has 0 N–H and O–H groups in total. The van der Waals surface area contributed by atoms with Crippen molar-refractivity contribution in [2.24, 2.45) is 0 Å². The highest BCUT2D eigenvalue weighted by Gasteiger charge is 2.25. The normalized spacial score (nSPS) is 13.8. The molecule has 156 valence electrons.